The fourth-order valence-electron chi connectivity index (χ4n) is 2.56. The second-order valence-electron chi connectivity index (χ2n) is 5.02. The number of hydrogen-bond acceptors (Lipinski definition) is 1. The van der Waals surface area contributed by atoms with Gasteiger partial charge in [-0.05, 0) is 43.7 Å². The van der Waals surface area contributed by atoms with Gasteiger partial charge in [-0.3, -0.25) is 0 Å². The second-order valence-corrected chi connectivity index (χ2v) is 5.42. The minimum atomic E-state index is -0.229. The summed E-state index contributed by atoms with van der Waals surface area (Å²) in [6.07, 6.45) is 0.594. The summed E-state index contributed by atoms with van der Waals surface area (Å²) in [5.74, 6) is -0.0252. The van der Waals surface area contributed by atoms with E-state index in [4.69, 9.17) is 11.6 Å². The first-order valence-electron chi connectivity index (χ1n) is 6.76. The van der Waals surface area contributed by atoms with Crippen LogP contribution in [-0.2, 0) is 6.42 Å². The van der Waals surface area contributed by atoms with Gasteiger partial charge in [0.1, 0.15) is 5.82 Å². The third-order valence-electron chi connectivity index (χ3n) is 3.59. The van der Waals surface area contributed by atoms with Crippen LogP contribution in [0.4, 0.5) is 4.39 Å². The summed E-state index contributed by atoms with van der Waals surface area (Å²) in [7, 11) is 1.91. The molecule has 106 valence electrons. The molecule has 0 amide bonds. The number of hydrogen-bond donors (Lipinski definition) is 1. The van der Waals surface area contributed by atoms with Crippen LogP contribution in [0.3, 0.4) is 0 Å². The van der Waals surface area contributed by atoms with Gasteiger partial charge >= 0.3 is 0 Å². The molecule has 0 saturated carbocycles. The average molecular weight is 292 g/mol. The molecule has 20 heavy (non-hydrogen) atoms. The Hall–Kier alpha value is -1.38. The molecule has 2 rings (SSSR count). The molecule has 2 aromatic rings. The molecule has 1 N–H and O–H groups in total. The van der Waals surface area contributed by atoms with Gasteiger partial charge < -0.3 is 5.32 Å². The van der Waals surface area contributed by atoms with Gasteiger partial charge in [-0.2, -0.15) is 0 Å². The van der Waals surface area contributed by atoms with E-state index < -0.39 is 0 Å². The molecule has 0 spiro atoms. The molecule has 1 atom stereocenters. The zero-order valence-corrected chi connectivity index (χ0v) is 12.5. The van der Waals surface area contributed by atoms with Crippen LogP contribution in [0, 0.1) is 12.7 Å². The van der Waals surface area contributed by atoms with Crippen molar-refractivity contribution in [1.29, 1.82) is 0 Å². The summed E-state index contributed by atoms with van der Waals surface area (Å²) in [4.78, 5) is 0. The number of nitrogens with one attached hydrogen (secondary N) is 1. The zero-order chi connectivity index (χ0) is 14.5. The molecule has 0 radical (unpaired) electrons. The van der Waals surface area contributed by atoms with E-state index in [1.165, 1.54) is 17.2 Å². The van der Waals surface area contributed by atoms with Crippen LogP contribution in [0.2, 0.25) is 5.02 Å². The maximum absolute atomic E-state index is 14.0. The van der Waals surface area contributed by atoms with Crippen LogP contribution in [0.25, 0.3) is 0 Å². The summed E-state index contributed by atoms with van der Waals surface area (Å²) in [5.41, 5.74) is 3.05. The van der Waals surface area contributed by atoms with E-state index in [1.807, 2.05) is 19.2 Å². The van der Waals surface area contributed by atoms with Gasteiger partial charge in [0.2, 0.25) is 0 Å². The molecule has 0 aliphatic carbocycles. The molecule has 1 unspecified atom stereocenters. The Morgan fingerprint density at radius 3 is 2.55 bits per heavy atom. The summed E-state index contributed by atoms with van der Waals surface area (Å²) in [6.45, 7) is 2.87. The minimum absolute atomic E-state index is 0.204. The zero-order valence-electron chi connectivity index (χ0n) is 11.8. The maximum atomic E-state index is 14.0. The first-order chi connectivity index (χ1) is 9.63. The Morgan fingerprint density at radius 2 is 1.90 bits per heavy atom. The molecule has 0 aliphatic rings. The third kappa shape index (κ3) is 3.38. The van der Waals surface area contributed by atoms with E-state index in [-0.39, 0.29) is 11.7 Å². The highest BCUT2D eigenvalue weighted by atomic mass is 35.5. The van der Waals surface area contributed by atoms with Gasteiger partial charge in [0.05, 0.1) is 0 Å². The van der Waals surface area contributed by atoms with E-state index in [9.17, 15) is 4.39 Å². The van der Waals surface area contributed by atoms with Gasteiger partial charge in [-0.15, -0.1) is 0 Å². The Morgan fingerprint density at radius 1 is 1.15 bits per heavy atom. The molecule has 0 aliphatic heterocycles. The molecule has 0 saturated heterocycles. The van der Waals surface area contributed by atoms with E-state index in [2.05, 4.69) is 24.4 Å². The van der Waals surface area contributed by atoms with Crippen molar-refractivity contribution in [2.24, 2.45) is 0 Å². The first-order valence-corrected chi connectivity index (χ1v) is 7.14. The average Bonchev–Trinajstić information content (AvgIpc) is 2.43. The standard InChI is InChI=1S/C17H19ClFN/c1-12-6-3-4-7-14(12)13(11-20-2)10-15-16(18)8-5-9-17(15)19/h3-9,13,20H,10-11H2,1-2H3. The summed E-state index contributed by atoms with van der Waals surface area (Å²) < 4.78 is 14.0. The molecule has 3 heteroatoms. The smallest absolute Gasteiger partial charge is 0.127 e. The van der Waals surface area contributed by atoms with E-state index >= 15 is 0 Å². The van der Waals surface area contributed by atoms with E-state index in [0.29, 0.717) is 17.0 Å². The highest BCUT2D eigenvalue weighted by molar-refractivity contribution is 6.31. The number of benzene rings is 2. The van der Waals surface area contributed by atoms with Crippen molar-refractivity contribution in [1.82, 2.24) is 5.32 Å². The predicted octanol–water partition coefficient (Wildman–Crippen LogP) is 4.33. The Balaban J connectivity index is 2.33. The molecular formula is C17H19ClFN. The fraction of sp³-hybridized carbons (Fsp3) is 0.294. The van der Waals surface area contributed by atoms with Crippen molar-refractivity contribution in [2.75, 3.05) is 13.6 Å². The van der Waals surface area contributed by atoms with Crippen molar-refractivity contribution >= 4 is 11.6 Å². The Kier molecular flexibility index (Phi) is 5.16. The summed E-state index contributed by atoms with van der Waals surface area (Å²) in [6, 6.07) is 13.1. The normalized spacial score (nSPS) is 12.4. The maximum Gasteiger partial charge on any atom is 0.127 e. The predicted molar refractivity (Wildman–Crippen MR) is 83.0 cm³/mol. The lowest BCUT2D eigenvalue weighted by atomic mass is 9.89. The van der Waals surface area contributed by atoms with Crippen LogP contribution in [0.15, 0.2) is 42.5 Å². The van der Waals surface area contributed by atoms with Crippen LogP contribution < -0.4 is 5.32 Å². The van der Waals surface area contributed by atoms with Crippen molar-refractivity contribution in [3.63, 3.8) is 0 Å². The second kappa shape index (κ2) is 6.87. The Bertz CT molecular complexity index is 563. The fourth-order valence-corrected chi connectivity index (χ4v) is 2.80. The molecule has 0 fully saturated rings. The van der Waals surface area contributed by atoms with Crippen molar-refractivity contribution in [3.8, 4) is 0 Å². The molecule has 0 aromatic heterocycles. The van der Waals surface area contributed by atoms with Crippen LogP contribution in [0.5, 0.6) is 0 Å². The third-order valence-corrected chi connectivity index (χ3v) is 3.95. The van der Waals surface area contributed by atoms with E-state index in [0.717, 1.165) is 6.54 Å². The van der Waals surface area contributed by atoms with Gasteiger partial charge in [-0.1, -0.05) is 41.9 Å². The largest absolute Gasteiger partial charge is 0.319 e. The van der Waals surface area contributed by atoms with E-state index in [1.54, 1.807) is 12.1 Å². The molecule has 2 aromatic carbocycles. The quantitative estimate of drug-likeness (QED) is 0.864. The highest BCUT2D eigenvalue weighted by Gasteiger charge is 2.17. The Labute approximate surface area is 124 Å². The van der Waals surface area contributed by atoms with Gasteiger partial charge in [0.25, 0.3) is 0 Å². The molecular weight excluding hydrogens is 273 g/mol. The molecule has 1 nitrogen and oxygen atoms in total. The monoisotopic (exact) mass is 291 g/mol. The van der Waals surface area contributed by atoms with Crippen LogP contribution >= 0.6 is 11.6 Å². The van der Waals surface area contributed by atoms with Crippen LogP contribution in [0.1, 0.15) is 22.6 Å². The minimum Gasteiger partial charge on any atom is -0.319 e. The van der Waals surface area contributed by atoms with Crippen molar-refractivity contribution < 1.29 is 4.39 Å². The van der Waals surface area contributed by atoms with Gasteiger partial charge in [0.15, 0.2) is 0 Å². The topological polar surface area (TPSA) is 12.0 Å². The molecule has 0 bridgehead atoms. The lowest BCUT2D eigenvalue weighted by Crippen LogP contribution is -2.20. The lowest BCUT2D eigenvalue weighted by molar-refractivity contribution is 0.573. The van der Waals surface area contributed by atoms with Gasteiger partial charge in [0, 0.05) is 23.0 Å². The highest BCUT2D eigenvalue weighted by Crippen LogP contribution is 2.28. The number of rotatable bonds is 5. The van der Waals surface area contributed by atoms with Crippen molar-refractivity contribution in [2.45, 2.75) is 19.3 Å². The SMILES string of the molecule is CNCC(Cc1c(F)cccc1Cl)c1ccccc1C. The van der Waals surface area contributed by atoms with Crippen molar-refractivity contribution in [3.05, 3.63) is 70.0 Å². The summed E-state index contributed by atoms with van der Waals surface area (Å²) in [5, 5.41) is 3.69. The summed E-state index contributed by atoms with van der Waals surface area (Å²) >= 11 is 6.14. The number of likely N-dealkylation sites (N-methyl/N-ethyl adjacent to an activating group) is 1. The van der Waals surface area contributed by atoms with Gasteiger partial charge in [-0.25, -0.2) is 4.39 Å². The molecule has 0 heterocycles. The number of aryl methyl sites for hydroxylation is 1. The number of halogens is 2. The lowest BCUT2D eigenvalue weighted by Gasteiger charge is -2.20. The van der Waals surface area contributed by atoms with Crippen LogP contribution in [-0.4, -0.2) is 13.6 Å². The first kappa shape index (κ1) is 15.0.